The van der Waals surface area contributed by atoms with Gasteiger partial charge in [0.2, 0.25) is 0 Å². The average Bonchev–Trinajstić information content (AvgIpc) is 2.27. The van der Waals surface area contributed by atoms with Crippen LogP contribution < -0.4 is 14.6 Å². The molecule has 1 N–H and O–H groups in total. The molecule has 0 heterocycles. The van der Waals surface area contributed by atoms with Gasteiger partial charge < -0.3 is 19.7 Å². The number of ether oxygens (including phenoxy) is 2. The van der Waals surface area contributed by atoms with Crippen LogP contribution in [0.25, 0.3) is 6.08 Å². The molecule has 0 bridgehead atoms. The standard InChI is InChI=1S/C11H12O5.Ag/c1-15-8-5-7(3-4-10(12)13)6-9(16-2)11(8)14;/h3-6,14H,1-2H3,(H,12,13);/q;+1/p-1. The fourth-order valence-corrected chi connectivity index (χ4v) is 1.16. The van der Waals surface area contributed by atoms with Crippen LogP contribution in [-0.4, -0.2) is 25.3 Å². The van der Waals surface area contributed by atoms with Crippen molar-refractivity contribution in [1.82, 2.24) is 0 Å². The molecule has 0 unspecified atom stereocenters. The van der Waals surface area contributed by atoms with Crippen molar-refractivity contribution < 1.29 is 46.9 Å². The molecule has 0 aliphatic rings. The Morgan fingerprint density at radius 2 is 1.76 bits per heavy atom. The molecule has 0 amide bonds. The second kappa shape index (κ2) is 7.01. The molecule has 0 aromatic heterocycles. The van der Waals surface area contributed by atoms with Crippen LogP contribution >= 0.6 is 0 Å². The van der Waals surface area contributed by atoms with Crippen LogP contribution in [0.3, 0.4) is 0 Å². The van der Waals surface area contributed by atoms with E-state index in [1.54, 1.807) is 0 Å². The van der Waals surface area contributed by atoms with Gasteiger partial charge in [0.15, 0.2) is 0 Å². The first-order chi connectivity index (χ1) is 7.58. The van der Waals surface area contributed by atoms with E-state index in [2.05, 4.69) is 0 Å². The van der Waals surface area contributed by atoms with Gasteiger partial charge in [-0.25, -0.2) is 4.79 Å². The van der Waals surface area contributed by atoms with Crippen molar-refractivity contribution in [2.75, 3.05) is 14.2 Å². The molecular formula is C11H11AgO5. The van der Waals surface area contributed by atoms with Gasteiger partial charge in [-0.1, -0.05) is 0 Å². The fourth-order valence-electron chi connectivity index (χ4n) is 1.16. The maximum atomic E-state index is 11.5. The van der Waals surface area contributed by atoms with Crippen molar-refractivity contribution in [3.05, 3.63) is 23.8 Å². The molecule has 0 fully saturated rings. The van der Waals surface area contributed by atoms with E-state index in [0.29, 0.717) is 5.56 Å². The first-order valence-electron chi connectivity index (χ1n) is 4.42. The monoisotopic (exact) mass is 330 g/mol. The SMILES string of the molecule is COc1cc(C=CC(=O)O)cc(OC)c1[O-].[Ag+]. The summed E-state index contributed by atoms with van der Waals surface area (Å²) in [7, 11) is 2.72. The first-order valence-corrected chi connectivity index (χ1v) is 4.42. The number of hydrogen-bond donors (Lipinski definition) is 1. The van der Waals surface area contributed by atoms with Crippen molar-refractivity contribution in [3.8, 4) is 17.2 Å². The normalized spacial score (nSPS) is 9.76. The zero-order chi connectivity index (χ0) is 12.1. The van der Waals surface area contributed by atoms with E-state index in [-0.39, 0.29) is 39.6 Å². The Morgan fingerprint density at radius 1 is 1.29 bits per heavy atom. The van der Waals surface area contributed by atoms with Crippen molar-refractivity contribution >= 4 is 12.0 Å². The Balaban J connectivity index is 0.00000256. The summed E-state index contributed by atoms with van der Waals surface area (Å²) in [6.45, 7) is 0. The third kappa shape index (κ3) is 4.14. The minimum absolute atomic E-state index is 0. The summed E-state index contributed by atoms with van der Waals surface area (Å²) in [6, 6.07) is 2.90. The molecule has 17 heavy (non-hydrogen) atoms. The van der Waals surface area contributed by atoms with Crippen LogP contribution in [-0.2, 0) is 27.2 Å². The van der Waals surface area contributed by atoms with Gasteiger partial charge in [0.05, 0.1) is 14.2 Å². The van der Waals surface area contributed by atoms with E-state index < -0.39 is 5.97 Å². The van der Waals surface area contributed by atoms with Gasteiger partial charge in [0.25, 0.3) is 0 Å². The third-order valence-corrected chi connectivity index (χ3v) is 1.90. The molecule has 5 nitrogen and oxygen atoms in total. The molecule has 0 aliphatic heterocycles. The van der Waals surface area contributed by atoms with Gasteiger partial charge in [0, 0.05) is 6.08 Å². The van der Waals surface area contributed by atoms with Crippen LogP contribution in [0.2, 0.25) is 0 Å². The van der Waals surface area contributed by atoms with Gasteiger partial charge in [-0.15, -0.1) is 0 Å². The maximum absolute atomic E-state index is 11.5. The number of methoxy groups -OCH3 is 2. The van der Waals surface area contributed by atoms with E-state index in [4.69, 9.17) is 14.6 Å². The zero-order valence-corrected chi connectivity index (χ0v) is 10.7. The van der Waals surface area contributed by atoms with Crippen molar-refractivity contribution in [2.24, 2.45) is 0 Å². The Hall–Kier alpha value is -1.43. The zero-order valence-electron chi connectivity index (χ0n) is 9.19. The molecular weight excluding hydrogens is 320 g/mol. The molecule has 0 spiro atoms. The van der Waals surface area contributed by atoms with E-state index >= 15 is 0 Å². The molecule has 0 radical (unpaired) electrons. The van der Waals surface area contributed by atoms with Crippen LogP contribution in [0.5, 0.6) is 17.2 Å². The molecule has 0 saturated carbocycles. The predicted octanol–water partition coefficient (Wildman–Crippen LogP) is 0.873. The Kier molecular flexibility index (Phi) is 6.42. The average molecular weight is 331 g/mol. The van der Waals surface area contributed by atoms with Gasteiger partial charge >= 0.3 is 28.3 Å². The summed E-state index contributed by atoms with van der Waals surface area (Å²) in [5.74, 6) is -1.20. The van der Waals surface area contributed by atoms with E-state index in [1.165, 1.54) is 32.4 Å². The number of carboxylic acid groups (broad SMARTS) is 1. The summed E-state index contributed by atoms with van der Waals surface area (Å²) in [5, 5.41) is 20.0. The maximum Gasteiger partial charge on any atom is 1.00 e. The number of rotatable bonds is 4. The number of carbonyl (C=O) groups is 1. The Morgan fingerprint density at radius 3 is 2.12 bits per heavy atom. The topological polar surface area (TPSA) is 78.8 Å². The van der Waals surface area contributed by atoms with E-state index in [9.17, 15) is 9.90 Å². The van der Waals surface area contributed by atoms with E-state index in [0.717, 1.165) is 6.08 Å². The van der Waals surface area contributed by atoms with Gasteiger partial charge in [-0.3, -0.25) is 0 Å². The summed E-state index contributed by atoms with van der Waals surface area (Å²) in [6.07, 6.45) is 2.32. The number of aliphatic carboxylic acids is 1. The van der Waals surface area contributed by atoms with Crippen molar-refractivity contribution in [3.63, 3.8) is 0 Å². The molecule has 6 heteroatoms. The second-order valence-electron chi connectivity index (χ2n) is 2.93. The molecule has 1 rings (SSSR count). The Bertz CT molecular complexity index is 403. The smallest absolute Gasteiger partial charge is 0.867 e. The van der Waals surface area contributed by atoms with Crippen LogP contribution in [0.1, 0.15) is 5.56 Å². The summed E-state index contributed by atoms with van der Waals surface area (Å²) in [5.41, 5.74) is 0.524. The predicted molar refractivity (Wildman–Crippen MR) is 55.7 cm³/mol. The Labute approximate surface area is 114 Å². The quantitative estimate of drug-likeness (QED) is 0.654. The number of benzene rings is 1. The summed E-state index contributed by atoms with van der Waals surface area (Å²) >= 11 is 0. The number of hydrogen-bond acceptors (Lipinski definition) is 4. The molecule has 0 aliphatic carbocycles. The summed E-state index contributed by atoms with van der Waals surface area (Å²) < 4.78 is 9.72. The van der Waals surface area contributed by atoms with Crippen molar-refractivity contribution in [2.45, 2.75) is 0 Å². The molecule has 1 aromatic rings. The van der Waals surface area contributed by atoms with Gasteiger partial charge in [-0.2, -0.15) is 0 Å². The van der Waals surface area contributed by atoms with Crippen LogP contribution in [0, 0.1) is 0 Å². The second-order valence-corrected chi connectivity index (χ2v) is 2.93. The number of carboxylic acids is 1. The molecule has 1 aromatic carbocycles. The largest absolute Gasteiger partial charge is 1.00 e. The third-order valence-electron chi connectivity index (χ3n) is 1.90. The molecule has 0 atom stereocenters. The van der Waals surface area contributed by atoms with Crippen LogP contribution in [0.15, 0.2) is 18.2 Å². The first kappa shape index (κ1) is 15.6. The van der Waals surface area contributed by atoms with Crippen molar-refractivity contribution in [1.29, 1.82) is 0 Å². The van der Waals surface area contributed by atoms with E-state index in [1.807, 2.05) is 0 Å². The minimum Gasteiger partial charge on any atom is -0.867 e. The van der Waals surface area contributed by atoms with Gasteiger partial charge in [-0.05, 0) is 29.5 Å². The molecule has 96 valence electrons. The van der Waals surface area contributed by atoms with Crippen LogP contribution in [0.4, 0.5) is 0 Å². The summed E-state index contributed by atoms with van der Waals surface area (Å²) in [4.78, 5) is 10.3. The fraction of sp³-hybridized carbons (Fsp3) is 0.182. The van der Waals surface area contributed by atoms with Gasteiger partial charge in [0.1, 0.15) is 11.5 Å². The molecule has 0 saturated heterocycles. The minimum atomic E-state index is -1.07.